The zero-order valence-corrected chi connectivity index (χ0v) is 17.1. The SMILES string of the molecule is CCOc1cc(C(=O)NCCC(C)N)ccc1OCc1cccnc1.Cl.Cl. The molecular weight excluding hydrogens is 389 g/mol. The average molecular weight is 416 g/mol. The van der Waals surface area contributed by atoms with Crippen LogP contribution in [0.1, 0.15) is 36.2 Å². The number of hydrogen-bond acceptors (Lipinski definition) is 5. The van der Waals surface area contributed by atoms with E-state index < -0.39 is 0 Å². The molecule has 2 aromatic rings. The summed E-state index contributed by atoms with van der Waals surface area (Å²) >= 11 is 0. The monoisotopic (exact) mass is 415 g/mol. The first-order valence-electron chi connectivity index (χ1n) is 8.42. The topological polar surface area (TPSA) is 86.5 Å². The first kappa shape index (κ1) is 25.0. The Bertz CT molecular complexity index is 685. The summed E-state index contributed by atoms with van der Waals surface area (Å²) in [5.41, 5.74) is 7.18. The number of carbonyl (C=O) groups excluding carboxylic acids is 1. The number of nitrogens with zero attached hydrogens (tertiary/aromatic N) is 1. The maximum absolute atomic E-state index is 12.2. The lowest BCUT2D eigenvalue weighted by Crippen LogP contribution is -2.28. The van der Waals surface area contributed by atoms with Crippen molar-refractivity contribution in [1.82, 2.24) is 10.3 Å². The summed E-state index contributed by atoms with van der Waals surface area (Å²) < 4.78 is 11.4. The first-order chi connectivity index (χ1) is 12.1. The summed E-state index contributed by atoms with van der Waals surface area (Å²) in [6.07, 6.45) is 4.20. The van der Waals surface area contributed by atoms with Gasteiger partial charge >= 0.3 is 0 Å². The number of halogens is 2. The summed E-state index contributed by atoms with van der Waals surface area (Å²) in [5.74, 6) is 0.990. The van der Waals surface area contributed by atoms with Crippen molar-refractivity contribution in [2.45, 2.75) is 32.9 Å². The second kappa shape index (κ2) is 13.2. The minimum absolute atomic E-state index is 0. The number of rotatable bonds is 9. The lowest BCUT2D eigenvalue weighted by Gasteiger charge is -2.14. The van der Waals surface area contributed by atoms with Crippen LogP contribution < -0.4 is 20.5 Å². The predicted molar refractivity (Wildman–Crippen MR) is 111 cm³/mol. The van der Waals surface area contributed by atoms with Crippen LogP contribution in [-0.2, 0) is 6.61 Å². The number of nitrogens with one attached hydrogen (secondary N) is 1. The molecule has 1 amide bonds. The molecule has 3 N–H and O–H groups in total. The van der Waals surface area contributed by atoms with E-state index in [9.17, 15) is 4.79 Å². The highest BCUT2D eigenvalue weighted by Crippen LogP contribution is 2.29. The first-order valence-corrected chi connectivity index (χ1v) is 8.42. The highest BCUT2D eigenvalue weighted by Gasteiger charge is 2.12. The highest BCUT2D eigenvalue weighted by atomic mass is 35.5. The van der Waals surface area contributed by atoms with E-state index in [0.717, 1.165) is 12.0 Å². The van der Waals surface area contributed by atoms with Gasteiger partial charge in [-0.05, 0) is 44.5 Å². The molecule has 0 radical (unpaired) electrons. The Balaban J connectivity index is 0.00000338. The number of ether oxygens (including phenoxy) is 2. The number of amides is 1. The van der Waals surface area contributed by atoms with Gasteiger partial charge in [-0.15, -0.1) is 24.8 Å². The van der Waals surface area contributed by atoms with E-state index in [1.165, 1.54) is 0 Å². The molecule has 1 heterocycles. The second-order valence-electron chi connectivity index (χ2n) is 5.77. The van der Waals surface area contributed by atoms with E-state index in [0.29, 0.717) is 36.8 Å². The van der Waals surface area contributed by atoms with Crippen molar-refractivity contribution in [3.05, 3.63) is 53.9 Å². The van der Waals surface area contributed by atoms with Crippen molar-refractivity contribution in [2.24, 2.45) is 5.73 Å². The number of carbonyl (C=O) groups is 1. The van der Waals surface area contributed by atoms with Gasteiger partial charge in [0.2, 0.25) is 0 Å². The van der Waals surface area contributed by atoms with Crippen molar-refractivity contribution in [2.75, 3.05) is 13.2 Å². The molecule has 150 valence electrons. The number of benzene rings is 1. The van der Waals surface area contributed by atoms with E-state index >= 15 is 0 Å². The van der Waals surface area contributed by atoms with Crippen molar-refractivity contribution >= 4 is 30.7 Å². The van der Waals surface area contributed by atoms with E-state index in [-0.39, 0.29) is 36.8 Å². The Labute approximate surface area is 172 Å². The molecule has 6 nitrogen and oxygen atoms in total. The molecule has 0 aliphatic heterocycles. The van der Waals surface area contributed by atoms with Crippen LogP contribution in [0, 0.1) is 0 Å². The maximum atomic E-state index is 12.2. The third-order valence-corrected chi connectivity index (χ3v) is 3.51. The number of hydrogen-bond donors (Lipinski definition) is 2. The molecule has 1 aromatic carbocycles. The van der Waals surface area contributed by atoms with Gasteiger partial charge in [0.05, 0.1) is 6.61 Å². The van der Waals surface area contributed by atoms with Gasteiger partial charge < -0.3 is 20.5 Å². The third-order valence-electron chi connectivity index (χ3n) is 3.51. The Morgan fingerprint density at radius 3 is 2.63 bits per heavy atom. The van der Waals surface area contributed by atoms with E-state index in [4.69, 9.17) is 15.2 Å². The molecule has 0 fully saturated rings. The van der Waals surface area contributed by atoms with Crippen molar-refractivity contribution < 1.29 is 14.3 Å². The molecular formula is C19H27Cl2N3O3. The van der Waals surface area contributed by atoms with Gasteiger partial charge in [0.15, 0.2) is 11.5 Å². The standard InChI is InChI=1S/C19H25N3O3.2ClH/c1-3-24-18-11-16(19(23)22-10-8-14(2)20)6-7-17(18)25-13-15-5-4-9-21-12-15;;/h4-7,9,11-12,14H,3,8,10,13,20H2,1-2H3,(H,22,23);2*1H. The quantitative estimate of drug-likeness (QED) is 0.655. The van der Waals surface area contributed by atoms with Gasteiger partial charge in [0.1, 0.15) is 6.61 Å². The van der Waals surface area contributed by atoms with E-state index in [1.807, 2.05) is 26.0 Å². The van der Waals surface area contributed by atoms with Crippen LogP contribution in [0.2, 0.25) is 0 Å². The summed E-state index contributed by atoms with van der Waals surface area (Å²) in [6.45, 7) is 5.21. The van der Waals surface area contributed by atoms with Gasteiger partial charge in [-0.1, -0.05) is 6.07 Å². The van der Waals surface area contributed by atoms with Gasteiger partial charge in [-0.3, -0.25) is 9.78 Å². The molecule has 2 rings (SSSR count). The third kappa shape index (κ3) is 8.47. The molecule has 0 saturated carbocycles. The summed E-state index contributed by atoms with van der Waals surface area (Å²) in [6, 6.07) is 9.03. The molecule has 0 aliphatic rings. The molecule has 27 heavy (non-hydrogen) atoms. The molecule has 0 saturated heterocycles. The summed E-state index contributed by atoms with van der Waals surface area (Å²) in [5, 5.41) is 2.85. The van der Waals surface area contributed by atoms with Gasteiger partial charge in [-0.2, -0.15) is 0 Å². The number of nitrogens with two attached hydrogens (primary N) is 1. The van der Waals surface area contributed by atoms with Crippen LogP contribution in [0.25, 0.3) is 0 Å². The lowest BCUT2D eigenvalue weighted by atomic mass is 10.1. The predicted octanol–water partition coefficient (Wildman–Crippen LogP) is 3.37. The van der Waals surface area contributed by atoms with Crippen molar-refractivity contribution in [1.29, 1.82) is 0 Å². The molecule has 0 bridgehead atoms. The number of pyridine rings is 1. The highest BCUT2D eigenvalue weighted by molar-refractivity contribution is 5.94. The van der Waals surface area contributed by atoms with Crippen molar-refractivity contribution in [3.8, 4) is 11.5 Å². The van der Waals surface area contributed by atoms with Crippen LogP contribution in [0.4, 0.5) is 0 Å². The normalized spacial score (nSPS) is 10.8. The van der Waals surface area contributed by atoms with Crippen molar-refractivity contribution in [3.63, 3.8) is 0 Å². The second-order valence-corrected chi connectivity index (χ2v) is 5.77. The van der Waals surface area contributed by atoms with E-state index in [2.05, 4.69) is 10.3 Å². The van der Waals surface area contributed by atoms with Crippen LogP contribution in [0.3, 0.4) is 0 Å². The molecule has 0 aliphatic carbocycles. The zero-order valence-electron chi connectivity index (χ0n) is 15.5. The largest absolute Gasteiger partial charge is 0.490 e. The molecule has 1 aromatic heterocycles. The molecule has 8 heteroatoms. The minimum Gasteiger partial charge on any atom is -0.490 e. The Hall–Kier alpha value is -2.02. The lowest BCUT2D eigenvalue weighted by molar-refractivity contribution is 0.0952. The smallest absolute Gasteiger partial charge is 0.251 e. The molecule has 1 atom stereocenters. The fourth-order valence-electron chi connectivity index (χ4n) is 2.20. The van der Waals surface area contributed by atoms with Crippen LogP contribution in [0.15, 0.2) is 42.7 Å². The number of aromatic nitrogens is 1. The summed E-state index contributed by atoms with van der Waals surface area (Å²) in [4.78, 5) is 16.3. The summed E-state index contributed by atoms with van der Waals surface area (Å²) in [7, 11) is 0. The Morgan fingerprint density at radius 2 is 2.00 bits per heavy atom. The average Bonchev–Trinajstić information content (AvgIpc) is 2.61. The fraction of sp³-hybridized carbons (Fsp3) is 0.368. The Morgan fingerprint density at radius 1 is 1.22 bits per heavy atom. The molecule has 0 spiro atoms. The van der Waals surface area contributed by atoms with Crippen LogP contribution in [0.5, 0.6) is 11.5 Å². The van der Waals surface area contributed by atoms with Gasteiger partial charge in [0, 0.05) is 36.1 Å². The minimum atomic E-state index is -0.152. The van der Waals surface area contributed by atoms with Crippen LogP contribution in [-0.4, -0.2) is 30.1 Å². The van der Waals surface area contributed by atoms with Gasteiger partial charge in [-0.25, -0.2) is 0 Å². The fourth-order valence-corrected chi connectivity index (χ4v) is 2.20. The van der Waals surface area contributed by atoms with Crippen LogP contribution >= 0.6 is 24.8 Å². The van der Waals surface area contributed by atoms with E-state index in [1.54, 1.807) is 30.6 Å². The van der Waals surface area contributed by atoms with Gasteiger partial charge in [0.25, 0.3) is 5.91 Å². The maximum Gasteiger partial charge on any atom is 0.251 e. The Kier molecular flexibility index (Phi) is 12.2. The zero-order chi connectivity index (χ0) is 18.1. The molecule has 1 unspecified atom stereocenters.